The predicted octanol–water partition coefficient (Wildman–Crippen LogP) is 1.76. The zero-order valence-electron chi connectivity index (χ0n) is 17.4. The summed E-state index contributed by atoms with van der Waals surface area (Å²) in [6.45, 7) is 3.11. The number of piperidine rings is 1. The number of para-hydroxylation sites is 1. The number of rotatable bonds is 5. The molecule has 2 amide bonds. The van der Waals surface area contributed by atoms with Crippen molar-refractivity contribution >= 4 is 44.3 Å². The molecule has 162 valence electrons. The first-order chi connectivity index (χ1) is 15.0. The van der Waals surface area contributed by atoms with Crippen LogP contribution in [0, 0.1) is 12.8 Å². The molecule has 1 atom stereocenters. The van der Waals surface area contributed by atoms with Gasteiger partial charge in [-0.2, -0.15) is 4.98 Å². The normalized spacial score (nSPS) is 16.3. The minimum Gasteiger partial charge on any atom is -0.359 e. The van der Waals surface area contributed by atoms with Gasteiger partial charge >= 0.3 is 0 Å². The van der Waals surface area contributed by atoms with Gasteiger partial charge in [0.2, 0.25) is 11.8 Å². The number of thiazole rings is 1. The molecule has 3 aromatic rings. The highest BCUT2D eigenvalue weighted by Crippen LogP contribution is 2.29. The topological polar surface area (TPSA) is 109 Å². The Kier molecular flexibility index (Phi) is 5.99. The van der Waals surface area contributed by atoms with E-state index in [9.17, 15) is 14.4 Å². The van der Waals surface area contributed by atoms with Gasteiger partial charge in [0, 0.05) is 25.8 Å². The van der Waals surface area contributed by atoms with Gasteiger partial charge in [0.15, 0.2) is 10.8 Å². The molecule has 1 saturated heterocycles. The average molecular weight is 441 g/mol. The largest absolute Gasteiger partial charge is 0.359 e. The molecular weight excluding hydrogens is 416 g/mol. The van der Waals surface area contributed by atoms with Crippen LogP contribution in [-0.4, -0.2) is 46.5 Å². The van der Waals surface area contributed by atoms with Crippen molar-refractivity contribution in [3.8, 4) is 0 Å². The number of aromatic nitrogens is 3. The Labute approximate surface area is 183 Å². The highest BCUT2D eigenvalue weighted by Gasteiger charge is 2.27. The molecule has 2 N–H and O–H groups in total. The summed E-state index contributed by atoms with van der Waals surface area (Å²) >= 11 is 1.26. The number of benzene rings is 1. The van der Waals surface area contributed by atoms with Gasteiger partial charge in [-0.1, -0.05) is 29.5 Å². The number of hydrogen-bond acceptors (Lipinski definition) is 7. The second kappa shape index (κ2) is 8.84. The Morgan fingerprint density at radius 1 is 1.29 bits per heavy atom. The van der Waals surface area contributed by atoms with Crippen LogP contribution in [0.4, 0.5) is 10.8 Å². The van der Waals surface area contributed by atoms with Crippen molar-refractivity contribution in [2.75, 3.05) is 30.4 Å². The van der Waals surface area contributed by atoms with Gasteiger partial charge < -0.3 is 15.5 Å². The molecule has 0 spiro atoms. The Balaban J connectivity index is 1.53. The number of amides is 2. The van der Waals surface area contributed by atoms with Gasteiger partial charge in [0.25, 0.3) is 5.56 Å². The summed E-state index contributed by atoms with van der Waals surface area (Å²) in [6.07, 6.45) is 3.07. The van der Waals surface area contributed by atoms with Crippen molar-refractivity contribution in [3.63, 3.8) is 0 Å². The van der Waals surface area contributed by atoms with Crippen molar-refractivity contribution in [1.29, 1.82) is 0 Å². The summed E-state index contributed by atoms with van der Waals surface area (Å²) in [5, 5.41) is 6.21. The molecule has 1 aromatic carbocycles. The first-order valence-corrected chi connectivity index (χ1v) is 11.0. The van der Waals surface area contributed by atoms with E-state index < -0.39 is 0 Å². The highest BCUT2D eigenvalue weighted by atomic mass is 32.1. The molecule has 0 radical (unpaired) electrons. The van der Waals surface area contributed by atoms with Crippen molar-refractivity contribution in [1.82, 2.24) is 19.9 Å². The molecule has 4 rings (SSSR count). The smallest absolute Gasteiger partial charge is 0.273 e. The molecule has 0 aliphatic carbocycles. The Hall–Kier alpha value is -3.27. The van der Waals surface area contributed by atoms with Crippen LogP contribution in [0.25, 0.3) is 10.3 Å². The Morgan fingerprint density at radius 2 is 2.10 bits per heavy atom. The SMILES string of the molecule is CNC(=O)[C@H]1CCCN(c2nc3ncn(CC(=O)Nc4ccccc4C)c(=O)c3s2)C1. The van der Waals surface area contributed by atoms with Crippen LogP contribution in [0.2, 0.25) is 0 Å². The number of carbonyl (C=O) groups is 2. The van der Waals surface area contributed by atoms with Crippen molar-refractivity contribution in [2.24, 2.45) is 5.92 Å². The van der Waals surface area contributed by atoms with E-state index in [0.717, 1.165) is 24.9 Å². The van der Waals surface area contributed by atoms with Crippen LogP contribution in [0.15, 0.2) is 35.4 Å². The summed E-state index contributed by atoms with van der Waals surface area (Å²) in [7, 11) is 1.64. The lowest BCUT2D eigenvalue weighted by Crippen LogP contribution is -2.42. The van der Waals surface area contributed by atoms with Crippen LogP contribution in [0.5, 0.6) is 0 Å². The Bertz CT molecular complexity index is 1190. The quantitative estimate of drug-likeness (QED) is 0.626. The molecule has 1 aliphatic rings. The van der Waals surface area contributed by atoms with Crippen LogP contribution in [0.1, 0.15) is 18.4 Å². The van der Waals surface area contributed by atoms with Gasteiger partial charge in [-0.15, -0.1) is 0 Å². The maximum Gasteiger partial charge on any atom is 0.273 e. The van der Waals surface area contributed by atoms with E-state index >= 15 is 0 Å². The molecule has 9 nitrogen and oxygen atoms in total. The van der Waals surface area contributed by atoms with E-state index in [2.05, 4.69) is 20.6 Å². The molecule has 31 heavy (non-hydrogen) atoms. The second-order valence-electron chi connectivity index (χ2n) is 7.59. The minimum atomic E-state index is -0.299. The monoisotopic (exact) mass is 440 g/mol. The number of nitrogens with zero attached hydrogens (tertiary/aromatic N) is 4. The number of hydrogen-bond donors (Lipinski definition) is 2. The second-order valence-corrected chi connectivity index (χ2v) is 8.57. The minimum absolute atomic E-state index is 0.0194. The fourth-order valence-corrected chi connectivity index (χ4v) is 4.71. The average Bonchev–Trinajstić information content (AvgIpc) is 3.22. The zero-order valence-corrected chi connectivity index (χ0v) is 18.2. The van der Waals surface area contributed by atoms with Gasteiger partial charge in [-0.25, -0.2) is 4.98 Å². The van der Waals surface area contributed by atoms with Crippen molar-refractivity contribution in [2.45, 2.75) is 26.3 Å². The summed E-state index contributed by atoms with van der Waals surface area (Å²) in [5.41, 5.74) is 1.72. The van der Waals surface area contributed by atoms with Crippen LogP contribution in [0.3, 0.4) is 0 Å². The number of aryl methyl sites for hydroxylation is 1. The number of anilines is 2. The van der Waals surface area contributed by atoms with E-state index in [1.54, 1.807) is 7.05 Å². The summed E-state index contributed by atoms with van der Waals surface area (Å²) in [4.78, 5) is 48.2. The van der Waals surface area contributed by atoms with Crippen LogP contribution < -0.4 is 21.1 Å². The molecule has 3 heterocycles. The third kappa shape index (κ3) is 4.43. The van der Waals surface area contributed by atoms with Gasteiger partial charge in [0.1, 0.15) is 17.6 Å². The number of carbonyl (C=O) groups excluding carboxylic acids is 2. The Morgan fingerprint density at radius 3 is 2.87 bits per heavy atom. The van der Waals surface area contributed by atoms with E-state index in [4.69, 9.17) is 0 Å². The van der Waals surface area contributed by atoms with E-state index in [1.807, 2.05) is 36.1 Å². The van der Waals surface area contributed by atoms with Crippen molar-refractivity contribution < 1.29 is 9.59 Å². The summed E-state index contributed by atoms with van der Waals surface area (Å²) in [6, 6.07) is 7.46. The molecule has 0 bridgehead atoms. The van der Waals surface area contributed by atoms with E-state index in [-0.39, 0.29) is 29.8 Å². The summed E-state index contributed by atoms with van der Waals surface area (Å²) in [5.74, 6) is -0.377. The number of nitrogens with one attached hydrogen (secondary N) is 2. The standard InChI is InChI=1S/C21H24N6O3S/c1-13-6-3-4-8-15(13)24-16(28)11-27-12-23-18-17(20(27)30)31-21(25-18)26-9-5-7-14(10-26)19(29)22-2/h3-4,6,8,12,14H,5,7,9-11H2,1-2H3,(H,22,29)(H,24,28)/t14-/m0/s1. The predicted molar refractivity (Wildman–Crippen MR) is 120 cm³/mol. The van der Waals surface area contributed by atoms with Crippen LogP contribution in [-0.2, 0) is 16.1 Å². The lowest BCUT2D eigenvalue weighted by Gasteiger charge is -2.31. The third-order valence-corrected chi connectivity index (χ3v) is 6.51. The lowest BCUT2D eigenvalue weighted by molar-refractivity contribution is -0.124. The molecule has 1 aliphatic heterocycles. The van der Waals surface area contributed by atoms with Crippen LogP contribution >= 0.6 is 11.3 Å². The fourth-order valence-electron chi connectivity index (χ4n) is 3.71. The van der Waals surface area contributed by atoms with Gasteiger partial charge in [-0.05, 0) is 31.4 Å². The molecule has 1 fully saturated rings. The fraction of sp³-hybridized carbons (Fsp3) is 0.381. The molecular formula is C21H24N6O3S. The highest BCUT2D eigenvalue weighted by molar-refractivity contribution is 7.22. The maximum atomic E-state index is 12.9. The molecule has 10 heteroatoms. The maximum absolute atomic E-state index is 12.9. The van der Waals surface area contributed by atoms with Crippen molar-refractivity contribution in [3.05, 3.63) is 46.5 Å². The lowest BCUT2D eigenvalue weighted by atomic mass is 9.98. The molecule has 0 unspecified atom stereocenters. The van der Waals surface area contributed by atoms with Gasteiger partial charge in [0.05, 0.1) is 5.92 Å². The third-order valence-electron chi connectivity index (χ3n) is 5.41. The van der Waals surface area contributed by atoms with E-state index in [0.29, 0.717) is 27.7 Å². The molecule has 0 saturated carbocycles. The van der Waals surface area contributed by atoms with Gasteiger partial charge in [-0.3, -0.25) is 19.0 Å². The molecule has 2 aromatic heterocycles. The summed E-state index contributed by atoms with van der Waals surface area (Å²) < 4.78 is 1.70. The zero-order chi connectivity index (χ0) is 22.0. The first-order valence-electron chi connectivity index (χ1n) is 10.1. The first kappa shape index (κ1) is 21.0. The van der Waals surface area contributed by atoms with E-state index in [1.165, 1.54) is 22.2 Å². The number of fused-ring (bicyclic) bond motifs is 1.